The topological polar surface area (TPSA) is 102 Å². The molecule has 35 heavy (non-hydrogen) atoms. The van der Waals surface area contributed by atoms with Crippen LogP contribution in [0.3, 0.4) is 0 Å². The minimum Gasteiger partial charge on any atom is -0.497 e. The molecule has 3 rings (SSSR count). The van der Waals surface area contributed by atoms with Crippen molar-refractivity contribution in [2.75, 3.05) is 7.11 Å². The number of pyridine rings is 1. The molecule has 1 aromatic heterocycles. The first kappa shape index (κ1) is 25.6. The summed E-state index contributed by atoms with van der Waals surface area (Å²) in [6.45, 7) is 9.08. The molecule has 7 heteroatoms. The SMILES string of the molecule is COc1ccc(Cn2c(O)c(C(=O)C(C)Oc3cc(C)ccc3C(C)C)c(C)c(C#N)c2=O)cc1. The van der Waals surface area contributed by atoms with Crippen LogP contribution >= 0.6 is 0 Å². The molecule has 1 N–H and O–H groups in total. The van der Waals surface area contributed by atoms with Crippen LogP contribution in [0.2, 0.25) is 0 Å². The number of Topliss-reactive ketones (excluding diaryl/α,β-unsaturated/α-hetero) is 1. The van der Waals surface area contributed by atoms with E-state index >= 15 is 0 Å². The third kappa shape index (κ3) is 5.22. The third-order valence-electron chi connectivity index (χ3n) is 6.01. The second kappa shape index (κ2) is 10.5. The van der Waals surface area contributed by atoms with E-state index in [9.17, 15) is 20.0 Å². The van der Waals surface area contributed by atoms with Crippen molar-refractivity contribution in [1.82, 2.24) is 4.57 Å². The van der Waals surface area contributed by atoms with E-state index in [-0.39, 0.29) is 29.2 Å². The van der Waals surface area contributed by atoms with E-state index in [0.717, 1.165) is 15.7 Å². The van der Waals surface area contributed by atoms with Crippen LogP contribution in [0, 0.1) is 25.2 Å². The maximum Gasteiger partial charge on any atom is 0.271 e. The first-order chi connectivity index (χ1) is 16.6. The second-order valence-electron chi connectivity index (χ2n) is 8.87. The van der Waals surface area contributed by atoms with Crippen molar-refractivity contribution >= 4 is 5.78 Å². The highest BCUT2D eigenvalue weighted by atomic mass is 16.5. The van der Waals surface area contributed by atoms with Crippen molar-refractivity contribution in [2.45, 2.75) is 53.2 Å². The van der Waals surface area contributed by atoms with E-state index in [1.54, 1.807) is 38.3 Å². The number of hydrogen-bond donors (Lipinski definition) is 1. The monoisotopic (exact) mass is 474 g/mol. The van der Waals surface area contributed by atoms with Crippen molar-refractivity contribution in [3.05, 3.63) is 86.2 Å². The Balaban J connectivity index is 2.04. The van der Waals surface area contributed by atoms with E-state index in [2.05, 4.69) is 0 Å². The summed E-state index contributed by atoms with van der Waals surface area (Å²) in [6, 6.07) is 14.7. The van der Waals surface area contributed by atoms with Gasteiger partial charge in [-0.1, -0.05) is 38.1 Å². The van der Waals surface area contributed by atoms with Gasteiger partial charge in [0, 0.05) is 0 Å². The minimum atomic E-state index is -0.961. The van der Waals surface area contributed by atoms with Gasteiger partial charge in [-0.2, -0.15) is 5.26 Å². The molecule has 3 aromatic rings. The Morgan fingerprint density at radius 3 is 2.34 bits per heavy atom. The molecular weight excluding hydrogens is 444 g/mol. The Morgan fingerprint density at radius 2 is 1.77 bits per heavy atom. The minimum absolute atomic E-state index is 0.0193. The molecule has 7 nitrogen and oxygen atoms in total. The van der Waals surface area contributed by atoms with Gasteiger partial charge in [0.25, 0.3) is 5.56 Å². The summed E-state index contributed by atoms with van der Waals surface area (Å²) in [7, 11) is 1.55. The van der Waals surface area contributed by atoms with Gasteiger partial charge < -0.3 is 14.6 Å². The van der Waals surface area contributed by atoms with Crippen LogP contribution < -0.4 is 15.0 Å². The first-order valence-electron chi connectivity index (χ1n) is 11.4. The van der Waals surface area contributed by atoms with Crippen LogP contribution in [0.1, 0.15) is 64.9 Å². The number of aryl methyl sites for hydroxylation is 1. The summed E-state index contributed by atoms with van der Waals surface area (Å²) in [5.41, 5.74) is 1.83. The average molecular weight is 475 g/mol. The molecule has 0 bridgehead atoms. The number of methoxy groups -OCH3 is 1. The van der Waals surface area contributed by atoms with E-state index < -0.39 is 23.3 Å². The van der Waals surface area contributed by atoms with Gasteiger partial charge in [0.2, 0.25) is 11.7 Å². The largest absolute Gasteiger partial charge is 0.497 e. The molecule has 0 saturated heterocycles. The first-order valence-corrected chi connectivity index (χ1v) is 11.4. The summed E-state index contributed by atoms with van der Waals surface area (Å²) < 4.78 is 12.3. The van der Waals surface area contributed by atoms with Crippen molar-refractivity contribution in [1.29, 1.82) is 5.26 Å². The molecule has 2 aromatic carbocycles. The summed E-state index contributed by atoms with van der Waals surface area (Å²) in [5.74, 6) is 0.405. The normalized spacial score (nSPS) is 11.7. The van der Waals surface area contributed by atoms with Crippen LogP contribution in [-0.4, -0.2) is 28.7 Å². The molecule has 0 amide bonds. The highest BCUT2D eigenvalue weighted by Crippen LogP contribution is 2.30. The highest BCUT2D eigenvalue weighted by molar-refractivity contribution is 6.03. The number of aromatic hydroxyl groups is 1. The number of ether oxygens (including phenoxy) is 2. The molecule has 0 saturated carbocycles. The Morgan fingerprint density at radius 1 is 1.11 bits per heavy atom. The highest BCUT2D eigenvalue weighted by Gasteiger charge is 2.29. The Bertz CT molecular complexity index is 1350. The lowest BCUT2D eigenvalue weighted by Gasteiger charge is -2.21. The Labute approximate surface area is 205 Å². The Hall–Kier alpha value is -4.05. The van der Waals surface area contributed by atoms with Crippen molar-refractivity contribution in [3.63, 3.8) is 0 Å². The number of aromatic nitrogens is 1. The lowest BCUT2D eigenvalue weighted by molar-refractivity contribution is 0.0810. The maximum atomic E-state index is 13.5. The zero-order chi connectivity index (χ0) is 25.9. The van der Waals surface area contributed by atoms with Crippen LogP contribution in [-0.2, 0) is 6.54 Å². The van der Waals surface area contributed by atoms with Gasteiger partial charge in [-0.15, -0.1) is 0 Å². The fourth-order valence-corrected chi connectivity index (χ4v) is 3.97. The molecule has 1 heterocycles. The lowest BCUT2D eigenvalue weighted by Crippen LogP contribution is -2.31. The van der Waals surface area contributed by atoms with Gasteiger partial charge in [-0.3, -0.25) is 14.2 Å². The zero-order valence-electron chi connectivity index (χ0n) is 20.9. The fourth-order valence-electron chi connectivity index (χ4n) is 3.97. The second-order valence-corrected chi connectivity index (χ2v) is 8.87. The van der Waals surface area contributed by atoms with Crippen LogP contribution in [0.4, 0.5) is 0 Å². The summed E-state index contributed by atoms with van der Waals surface area (Å²) >= 11 is 0. The lowest BCUT2D eigenvalue weighted by atomic mass is 9.98. The number of benzene rings is 2. The van der Waals surface area contributed by atoms with Crippen LogP contribution in [0.15, 0.2) is 47.3 Å². The van der Waals surface area contributed by atoms with Gasteiger partial charge in [-0.05, 0) is 67.1 Å². The molecule has 0 radical (unpaired) electrons. The molecule has 0 fully saturated rings. The number of rotatable bonds is 8. The molecule has 0 aliphatic heterocycles. The summed E-state index contributed by atoms with van der Waals surface area (Å²) in [5, 5.41) is 20.7. The summed E-state index contributed by atoms with van der Waals surface area (Å²) in [4.78, 5) is 26.5. The maximum absolute atomic E-state index is 13.5. The summed E-state index contributed by atoms with van der Waals surface area (Å²) in [6.07, 6.45) is -0.961. The van der Waals surface area contributed by atoms with Crippen LogP contribution in [0.5, 0.6) is 17.4 Å². The molecule has 182 valence electrons. The number of carbonyl (C=O) groups is 1. The number of nitrogens with zero attached hydrogens (tertiary/aromatic N) is 2. The predicted molar refractivity (Wildman–Crippen MR) is 134 cm³/mol. The average Bonchev–Trinajstić information content (AvgIpc) is 2.82. The molecule has 1 unspecified atom stereocenters. The van der Waals surface area contributed by atoms with Crippen molar-refractivity contribution in [3.8, 4) is 23.4 Å². The number of carbonyl (C=O) groups excluding carboxylic acids is 1. The standard InChI is InChI=1S/C28H30N2O5/c1-16(2)22-12-7-17(3)13-24(22)35-19(5)26(31)25-18(4)23(14-29)27(32)30(28(25)33)15-20-8-10-21(34-6)11-9-20/h7-13,16,19,33H,15H2,1-6H3. The molecule has 0 aliphatic carbocycles. The fraction of sp³-hybridized carbons (Fsp3) is 0.321. The molecule has 1 atom stereocenters. The van der Waals surface area contributed by atoms with E-state index in [0.29, 0.717) is 17.1 Å². The number of ketones is 1. The van der Waals surface area contributed by atoms with E-state index in [4.69, 9.17) is 9.47 Å². The predicted octanol–water partition coefficient (Wildman–Crippen LogP) is 4.87. The molecular formula is C28H30N2O5. The van der Waals surface area contributed by atoms with Crippen LogP contribution in [0.25, 0.3) is 0 Å². The molecule has 0 spiro atoms. The van der Waals surface area contributed by atoms with Gasteiger partial charge in [0.15, 0.2) is 6.10 Å². The smallest absolute Gasteiger partial charge is 0.271 e. The molecule has 0 aliphatic rings. The van der Waals surface area contributed by atoms with Gasteiger partial charge in [0.05, 0.1) is 19.2 Å². The third-order valence-corrected chi connectivity index (χ3v) is 6.01. The number of hydrogen-bond acceptors (Lipinski definition) is 6. The zero-order valence-corrected chi connectivity index (χ0v) is 20.9. The number of nitriles is 1. The van der Waals surface area contributed by atoms with Crippen molar-refractivity contribution in [2.24, 2.45) is 0 Å². The van der Waals surface area contributed by atoms with Gasteiger partial charge >= 0.3 is 0 Å². The van der Waals surface area contributed by atoms with Gasteiger partial charge in [0.1, 0.15) is 23.1 Å². The van der Waals surface area contributed by atoms with E-state index in [1.807, 2.05) is 45.0 Å². The van der Waals surface area contributed by atoms with Crippen molar-refractivity contribution < 1.29 is 19.4 Å². The van der Waals surface area contributed by atoms with E-state index in [1.165, 1.54) is 6.92 Å². The Kier molecular flexibility index (Phi) is 7.65. The quantitative estimate of drug-likeness (QED) is 0.467. The van der Waals surface area contributed by atoms with Gasteiger partial charge in [-0.25, -0.2) is 0 Å².